The number of hydrogen-bond acceptors (Lipinski definition) is 9. The molecule has 0 aromatic rings. The summed E-state index contributed by atoms with van der Waals surface area (Å²) < 4.78 is 24.1. The third-order valence-corrected chi connectivity index (χ3v) is 6.34. The second kappa shape index (κ2) is 11.5. The number of ether oxygens (including phenoxy) is 4. The summed E-state index contributed by atoms with van der Waals surface area (Å²) >= 11 is 0. The average molecular weight is 504 g/mol. The van der Waals surface area contributed by atoms with Crippen LogP contribution in [-0.4, -0.2) is 93.8 Å². The van der Waals surface area contributed by atoms with Crippen molar-refractivity contribution in [2.75, 3.05) is 0 Å². The number of nitrogens with one attached hydrogen (secondary N) is 1. The first-order valence-electron chi connectivity index (χ1n) is 12.5. The maximum Gasteiger partial charge on any atom is 0.217 e. The van der Waals surface area contributed by atoms with E-state index in [0.29, 0.717) is 6.42 Å². The Kier molecular flexibility index (Phi) is 9.88. The number of rotatable bonds is 7. The monoisotopic (exact) mass is 503 g/mol. The summed E-state index contributed by atoms with van der Waals surface area (Å²) in [6, 6.07) is -0.776. The van der Waals surface area contributed by atoms with Crippen molar-refractivity contribution >= 4 is 11.7 Å². The minimum Gasteiger partial charge on any atom is -0.388 e. The molecule has 2 heterocycles. The first-order chi connectivity index (χ1) is 16.0. The molecule has 0 spiro atoms. The Morgan fingerprint density at radius 1 is 0.914 bits per heavy atom. The number of carbonyl (C=O) groups is 2. The zero-order valence-corrected chi connectivity index (χ0v) is 22.5. The highest BCUT2D eigenvalue weighted by Gasteiger charge is 2.54. The Bertz CT molecular complexity index is 731. The zero-order chi connectivity index (χ0) is 26.9. The summed E-state index contributed by atoms with van der Waals surface area (Å²) in [5.41, 5.74) is -1.14. The maximum absolute atomic E-state index is 12.7. The Hall–Kier alpha value is -1.14. The van der Waals surface area contributed by atoms with Gasteiger partial charge in [0, 0.05) is 13.3 Å². The first-order valence-corrected chi connectivity index (χ1v) is 12.5. The number of aliphatic hydroxyl groups is 3. The van der Waals surface area contributed by atoms with E-state index in [0.717, 1.165) is 0 Å². The van der Waals surface area contributed by atoms with Crippen molar-refractivity contribution < 1.29 is 43.9 Å². The number of hydrogen-bond donors (Lipinski definition) is 4. The lowest BCUT2D eigenvalue weighted by Crippen LogP contribution is -2.69. The van der Waals surface area contributed by atoms with Crippen LogP contribution in [-0.2, 0) is 28.5 Å². The number of amides is 1. The summed E-state index contributed by atoms with van der Waals surface area (Å²) in [4.78, 5) is 24.8. The second-order valence-electron chi connectivity index (χ2n) is 11.6. The van der Waals surface area contributed by atoms with Crippen molar-refractivity contribution in [2.45, 2.75) is 142 Å². The predicted octanol–water partition coefficient (Wildman–Crippen LogP) is 1.07. The fourth-order valence-electron chi connectivity index (χ4n) is 4.69. The molecule has 0 aromatic carbocycles. The Morgan fingerprint density at radius 3 is 1.97 bits per heavy atom. The average Bonchev–Trinajstić information content (AvgIpc) is 2.73. The molecule has 10 heteroatoms. The van der Waals surface area contributed by atoms with Crippen LogP contribution in [0.4, 0.5) is 0 Å². The third-order valence-electron chi connectivity index (χ3n) is 6.34. The molecule has 204 valence electrons. The van der Waals surface area contributed by atoms with Gasteiger partial charge in [-0.3, -0.25) is 9.59 Å². The van der Waals surface area contributed by atoms with Crippen molar-refractivity contribution in [2.24, 2.45) is 5.41 Å². The van der Waals surface area contributed by atoms with Gasteiger partial charge in [-0.1, -0.05) is 34.6 Å². The predicted molar refractivity (Wildman–Crippen MR) is 127 cm³/mol. The van der Waals surface area contributed by atoms with Crippen molar-refractivity contribution in [3.63, 3.8) is 0 Å². The third kappa shape index (κ3) is 7.21. The highest BCUT2D eigenvalue weighted by Crippen LogP contribution is 2.37. The summed E-state index contributed by atoms with van der Waals surface area (Å²) in [7, 11) is 0. The Labute approximate surface area is 208 Å². The quantitative estimate of drug-likeness (QED) is 0.401. The van der Waals surface area contributed by atoms with Crippen LogP contribution < -0.4 is 5.32 Å². The van der Waals surface area contributed by atoms with Crippen molar-refractivity contribution in [3.05, 3.63) is 0 Å². The van der Waals surface area contributed by atoms with Gasteiger partial charge in [0.1, 0.15) is 36.6 Å². The molecule has 35 heavy (non-hydrogen) atoms. The largest absolute Gasteiger partial charge is 0.388 e. The van der Waals surface area contributed by atoms with Gasteiger partial charge in [-0.05, 0) is 32.6 Å². The SMILES string of the molecule is CCC(=O)C1OC(OC2C(O)C(CC)OC(C(C)(C)C)C2NC(C)=O)C(O)C(O)C1OC(C)(C)C. The second-order valence-corrected chi connectivity index (χ2v) is 11.6. The molecule has 2 rings (SSSR count). The molecule has 1 amide bonds. The Morgan fingerprint density at radius 2 is 1.51 bits per heavy atom. The molecule has 2 fully saturated rings. The maximum atomic E-state index is 12.7. The van der Waals surface area contributed by atoms with Gasteiger partial charge in [-0.2, -0.15) is 0 Å². The van der Waals surface area contributed by atoms with Crippen LogP contribution in [0.25, 0.3) is 0 Å². The van der Waals surface area contributed by atoms with Gasteiger partial charge in [-0.25, -0.2) is 0 Å². The van der Waals surface area contributed by atoms with Crippen LogP contribution in [0.15, 0.2) is 0 Å². The van der Waals surface area contributed by atoms with Crippen molar-refractivity contribution in [3.8, 4) is 0 Å². The lowest BCUT2D eigenvalue weighted by atomic mass is 9.78. The van der Waals surface area contributed by atoms with Crippen LogP contribution in [0.1, 0.15) is 75.2 Å². The molecule has 2 aliphatic heterocycles. The summed E-state index contributed by atoms with van der Waals surface area (Å²) in [6.45, 7) is 16.1. The summed E-state index contributed by atoms with van der Waals surface area (Å²) in [6.07, 6.45) is -9.48. The number of ketones is 1. The van der Waals surface area contributed by atoms with E-state index >= 15 is 0 Å². The fourth-order valence-corrected chi connectivity index (χ4v) is 4.69. The molecule has 0 bridgehead atoms. The molecule has 0 saturated carbocycles. The normalized spacial score (nSPS) is 38.7. The molecular formula is C25H45NO9. The van der Waals surface area contributed by atoms with E-state index in [9.17, 15) is 24.9 Å². The molecule has 2 aliphatic rings. The van der Waals surface area contributed by atoms with Crippen LogP contribution in [0.3, 0.4) is 0 Å². The molecule has 2 saturated heterocycles. The smallest absolute Gasteiger partial charge is 0.217 e. The lowest BCUT2D eigenvalue weighted by Gasteiger charge is -2.51. The van der Waals surface area contributed by atoms with Crippen LogP contribution >= 0.6 is 0 Å². The Balaban J connectivity index is 2.41. The molecular weight excluding hydrogens is 458 g/mol. The molecule has 10 atom stereocenters. The van der Waals surface area contributed by atoms with Gasteiger partial charge in [0.15, 0.2) is 12.1 Å². The van der Waals surface area contributed by atoms with E-state index < -0.39 is 72.2 Å². The van der Waals surface area contributed by atoms with Gasteiger partial charge in [-0.15, -0.1) is 0 Å². The number of aliphatic hydroxyl groups excluding tert-OH is 3. The molecule has 0 radical (unpaired) electrons. The summed E-state index contributed by atoms with van der Waals surface area (Å²) in [5, 5.41) is 35.8. The highest BCUT2D eigenvalue weighted by molar-refractivity contribution is 5.83. The van der Waals surface area contributed by atoms with Crippen molar-refractivity contribution in [1.29, 1.82) is 0 Å². The van der Waals surface area contributed by atoms with Gasteiger partial charge < -0.3 is 39.6 Å². The van der Waals surface area contributed by atoms with E-state index in [1.807, 2.05) is 27.7 Å². The van der Waals surface area contributed by atoms with E-state index in [2.05, 4.69) is 5.32 Å². The van der Waals surface area contributed by atoms with Gasteiger partial charge >= 0.3 is 0 Å². The van der Waals surface area contributed by atoms with Crippen LogP contribution in [0, 0.1) is 5.41 Å². The van der Waals surface area contributed by atoms with Gasteiger partial charge in [0.2, 0.25) is 5.91 Å². The number of Topliss-reactive ketones (excluding diaryl/α,β-unsaturated/α-hetero) is 1. The molecule has 10 nitrogen and oxygen atoms in total. The van der Waals surface area contributed by atoms with Crippen LogP contribution in [0.5, 0.6) is 0 Å². The van der Waals surface area contributed by atoms with Gasteiger partial charge in [0.05, 0.1) is 23.9 Å². The molecule has 0 aromatic heterocycles. The van der Waals surface area contributed by atoms with E-state index in [1.54, 1.807) is 27.7 Å². The minimum atomic E-state index is -1.57. The number of carbonyl (C=O) groups excluding carboxylic acids is 2. The van der Waals surface area contributed by atoms with Gasteiger partial charge in [0.25, 0.3) is 0 Å². The van der Waals surface area contributed by atoms with E-state index in [-0.39, 0.29) is 18.1 Å². The van der Waals surface area contributed by atoms with Crippen LogP contribution in [0.2, 0.25) is 0 Å². The van der Waals surface area contributed by atoms with E-state index in [1.165, 1.54) is 6.92 Å². The lowest BCUT2D eigenvalue weighted by molar-refractivity contribution is -0.335. The van der Waals surface area contributed by atoms with E-state index in [4.69, 9.17) is 18.9 Å². The zero-order valence-electron chi connectivity index (χ0n) is 22.5. The molecule has 10 unspecified atom stereocenters. The first kappa shape index (κ1) is 30.1. The molecule has 0 aliphatic carbocycles. The topological polar surface area (TPSA) is 144 Å². The summed E-state index contributed by atoms with van der Waals surface area (Å²) in [5.74, 6) is -0.657. The van der Waals surface area contributed by atoms with Crippen molar-refractivity contribution in [1.82, 2.24) is 5.32 Å². The standard InChI is InChI=1S/C25H45NO9/c1-10-13(28)19-21(35-25(7,8)9)17(30)18(31)23(33-19)34-20-15(26-12(3)27)22(24(4,5)6)32-14(11-2)16(20)29/h14-23,29-31H,10-11H2,1-9H3,(H,26,27). The highest BCUT2D eigenvalue weighted by atomic mass is 16.7. The fraction of sp³-hybridized carbons (Fsp3) is 0.920. The molecule has 4 N–H and O–H groups in total. The minimum absolute atomic E-state index is 0.128.